The molecule has 0 spiro atoms. The maximum Gasteiger partial charge on any atom is 0.227 e. The predicted molar refractivity (Wildman–Crippen MR) is 130 cm³/mol. The molecule has 5 rings (SSSR count). The molecule has 0 saturated heterocycles. The number of rotatable bonds is 5. The highest BCUT2D eigenvalue weighted by Gasteiger charge is 2.30. The summed E-state index contributed by atoms with van der Waals surface area (Å²) in [6.07, 6.45) is 3.33. The maximum atomic E-state index is 13.0. The van der Waals surface area contributed by atoms with Crippen molar-refractivity contribution in [3.05, 3.63) is 94.8 Å². The van der Waals surface area contributed by atoms with E-state index in [-0.39, 0.29) is 12.3 Å². The molecule has 1 amide bonds. The van der Waals surface area contributed by atoms with Crippen LogP contribution in [-0.4, -0.2) is 38.5 Å². The first-order valence-electron chi connectivity index (χ1n) is 10.7. The molecule has 3 heterocycles. The fourth-order valence-corrected chi connectivity index (χ4v) is 4.13. The number of pyridine rings is 1. The van der Waals surface area contributed by atoms with Crippen LogP contribution in [0.1, 0.15) is 35.2 Å². The van der Waals surface area contributed by atoms with Gasteiger partial charge < -0.3 is 10.1 Å². The third-order valence-corrected chi connectivity index (χ3v) is 5.83. The highest BCUT2D eigenvalue weighted by atomic mass is 35.5. The highest BCUT2D eigenvalue weighted by molar-refractivity contribution is 6.30. The van der Waals surface area contributed by atoms with E-state index in [9.17, 15) is 4.79 Å². The summed E-state index contributed by atoms with van der Waals surface area (Å²) in [7, 11) is 1.62. The Kier molecular flexibility index (Phi) is 5.81. The van der Waals surface area contributed by atoms with Crippen LogP contribution in [-0.2, 0) is 4.79 Å². The van der Waals surface area contributed by atoms with Gasteiger partial charge in [-0.3, -0.25) is 19.3 Å². The van der Waals surface area contributed by atoms with Crippen molar-refractivity contribution in [2.75, 3.05) is 12.4 Å². The third kappa shape index (κ3) is 4.15. The van der Waals surface area contributed by atoms with Crippen LogP contribution in [0, 0.1) is 6.92 Å². The van der Waals surface area contributed by atoms with Gasteiger partial charge in [-0.2, -0.15) is 0 Å². The summed E-state index contributed by atoms with van der Waals surface area (Å²) in [5, 5.41) is 12.2. The fourth-order valence-electron chi connectivity index (χ4n) is 4.00. The van der Waals surface area contributed by atoms with Gasteiger partial charge in [-0.15, -0.1) is 10.2 Å². The minimum absolute atomic E-state index is 0.0786. The summed E-state index contributed by atoms with van der Waals surface area (Å²) in [6, 6.07) is 16.2. The molecule has 4 aromatic rings. The number of amides is 1. The quantitative estimate of drug-likeness (QED) is 0.459. The van der Waals surface area contributed by atoms with E-state index >= 15 is 0 Å². The van der Waals surface area contributed by atoms with Crippen molar-refractivity contribution >= 4 is 28.9 Å². The van der Waals surface area contributed by atoms with Gasteiger partial charge in [0.15, 0.2) is 5.82 Å². The van der Waals surface area contributed by atoms with E-state index in [2.05, 4.69) is 20.5 Å². The van der Waals surface area contributed by atoms with Crippen LogP contribution in [0.15, 0.2) is 72.0 Å². The number of carbonyl (C=O) groups is 1. The van der Waals surface area contributed by atoms with E-state index in [0.717, 1.165) is 22.5 Å². The number of benzene rings is 2. The molecule has 0 fully saturated rings. The smallest absolute Gasteiger partial charge is 0.227 e. The summed E-state index contributed by atoms with van der Waals surface area (Å²) >= 11 is 6.14. The molecule has 0 saturated carbocycles. The Morgan fingerprint density at radius 2 is 1.97 bits per heavy atom. The number of aryl methyl sites for hydroxylation is 1. The molecular formula is C25H21ClN6O2. The number of halogens is 1. The molecule has 2 aromatic heterocycles. The van der Waals surface area contributed by atoms with Crippen LogP contribution in [0.4, 0.5) is 5.69 Å². The number of aliphatic imine (C=N–C) groups is 1. The van der Waals surface area contributed by atoms with Crippen molar-refractivity contribution in [3.8, 4) is 11.4 Å². The van der Waals surface area contributed by atoms with Gasteiger partial charge in [-0.05, 0) is 49.4 Å². The van der Waals surface area contributed by atoms with Gasteiger partial charge in [-0.25, -0.2) is 0 Å². The van der Waals surface area contributed by atoms with Gasteiger partial charge in [0.25, 0.3) is 0 Å². The molecule has 0 unspecified atom stereocenters. The number of carbonyl (C=O) groups excluding carboxylic acids is 1. The average Bonchev–Trinajstić information content (AvgIpc) is 3.17. The Bertz CT molecular complexity index is 1380. The molecule has 0 radical (unpaired) electrons. The molecule has 2 aromatic carbocycles. The lowest BCUT2D eigenvalue weighted by molar-refractivity contribution is -0.116. The van der Waals surface area contributed by atoms with Gasteiger partial charge >= 0.3 is 0 Å². The second-order valence-corrected chi connectivity index (χ2v) is 8.25. The molecule has 1 atom stereocenters. The van der Waals surface area contributed by atoms with Crippen molar-refractivity contribution in [3.63, 3.8) is 0 Å². The van der Waals surface area contributed by atoms with Crippen LogP contribution in [0.5, 0.6) is 5.75 Å². The van der Waals surface area contributed by atoms with E-state index in [4.69, 9.17) is 21.3 Å². The van der Waals surface area contributed by atoms with Crippen LogP contribution in [0.3, 0.4) is 0 Å². The fraction of sp³-hybridized carbons (Fsp3) is 0.160. The zero-order valence-corrected chi connectivity index (χ0v) is 19.3. The highest BCUT2D eigenvalue weighted by Crippen LogP contribution is 2.34. The number of ether oxygens (including phenoxy) is 1. The first-order valence-corrected chi connectivity index (χ1v) is 11.1. The van der Waals surface area contributed by atoms with E-state index in [1.165, 1.54) is 0 Å². The van der Waals surface area contributed by atoms with E-state index < -0.39 is 6.04 Å². The Labute approximate surface area is 201 Å². The van der Waals surface area contributed by atoms with Gasteiger partial charge in [0, 0.05) is 22.3 Å². The molecule has 1 aliphatic heterocycles. The van der Waals surface area contributed by atoms with Gasteiger partial charge in [0.05, 0.1) is 36.8 Å². The van der Waals surface area contributed by atoms with Crippen molar-refractivity contribution in [1.82, 2.24) is 19.7 Å². The predicted octanol–water partition coefficient (Wildman–Crippen LogP) is 4.55. The van der Waals surface area contributed by atoms with Gasteiger partial charge in [0.2, 0.25) is 5.91 Å². The van der Waals surface area contributed by atoms with Crippen molar-refractivity contribution in [2.45, 2.75) is 19.4 Å². The number of fused-ring (bicyclic) bond motifs is 3. The lowest BCUT2D eigenvalue weighted by Crippen LogP contribution is -2.17. The van der Waals surface area contributed by atoms with Crippen LogP contribution in [0.25, 0.3) is 5.69 Å². The molecule has 1 N–H and O–H groups in total. The van der Waals surface area contributed by atoms with Crippen molar-refractivity contribution in [2.24, 2.45) is 4.99 Å². The molecule has 34 heavy (non-hydrogen) atoms. The molecule has 1 aliphatic rings. The molecule has 8 nitrogen and oxygen atoms in total. The molecule has 0 bridgehead atoms. The summed E-state index contributed by atoms with van der Waals surface area (Å²) in [5.41, 5.74) is 3.92. The van der Waals surface area contributed by atoms with Gasteiger partial charge in [-0.1, -0.05) is 23.7 Å². The summed E-state index contributed by atoms with van der Waals surface area (Å²) in [4.78, 5) is 22.1. The monoisotopic (exact) mass is 472 g/mol. The topological polar surface area (TPSA) is 94.3 Å². The van der Waals surface area contributed by atoms with E-state index in [1.54, 1.807) is 31.6 Å². The molecule has 170 valence electrons. The Morgan fingerprint density at radius 3 is 2.71 bits per heavy atom. The maximum absolute atomic E-state index is 13.0. The van der Waals surface area contributed by atoms with Crippen molar-refractivity contribution < 1.29 is 9.53 Å². The Morgan fingerprint density at radius 1 is 1.15 bits per heavy atom. The third-order valence-electron chi connectivity index (χ3n) is 5.57. The number of anilines is 1. The minimum Gasteiger partial charge on any atom is -0.497 e. The lowest BCUT2D eigenvalue weighted by atomic mass is 10.00. The first-order chi connectivity index (χ1) is 16.5. The lowest BCUT2D eigenvalue weighted by Gasteiger charge is -2.14. The average molecular weight is 473 g/mol. The van der Waals surface area contributed by atoms with Crippen LogP contribution >= 0.6 is 11.6 Å². The summed E-state index contributed by atoms with van der Waals surface area (Å²) in [5.74, 6) is 1.79. The Balaban J connectivity index is 1.64. The minimum atomic E-state index is -0.568. The standard InChI is InChI=1S/C25H21ClN6O2/c1-15-30-31-25-21(13-23(33)28-18-4-3-11-27-14-18)29-24(16-5-7-17(26)8-6-16)20-12-19(34-2)9-10-22(20)32(15)25/h3-12,14,21H,13H2,1-2H3,(H,28,33)/t21-/m0/s1. The second-order valence-electron chi connectivity index (χ2n) is 7.82. The zero-order chi connectivity index (χ0) is 23.7. The summed E-state index contributed by atoms with van der Waals surface area (Å²) in [6.45, 7) is 1.88. The number of nitrogens with one attached hydrogen (secondary N) is 1. The normalized spacial score (nSPS) is 14.4. The zero-order valence-electron chi connectivity index (χ0n) is 18.6. The summed E-state index contributed by atoms with van der Waals surface area (Å²) < 4.78 is 7.44. The van der Waals surface area contributed by atoms with Gasteiger partial charge in [0.1, 0.15) is 17.6 Å². The first kappa shape index (κ1) is 21.8. The number of aromatic nitrogens is 4. The number of hydrogen-bond donors (Lipinski definition) is 1. The van der Waals surface area contributed by atoms with E-state index in [1.807, 2.05) is 54.0 Å². The number of nitrogens with zero attached hydrogens (tertiary/aromatic N) is 5. The SMILES string of the molecule is COc1ccc2c(c1)C(c1ccc(Cl)cc1)=N[C@@H](CC(=O)Nc1cccnc1)c1nnc(C)n1-2. The van der Waals surface area contributed by atoms with Crippen LogP contribution in [0.2, 0.25) is 5.02 Å². The van der Waals surface area contributed by atoms with Crippen LogP contribution < -0.4 is 10.1 Å². The second kappa shape index (κ2) is 9.07. The van der Waals surface area contributed by atoms with Crippen molar-refractivity contribution in [1.29, 1.82) is 0 Å². The Hall–Kier alpha value is -4.04. The number of methoxy groups -OCH3 is 1. The largest absolute Gasteiger partial charge is 0.497 e. The number of hydrogen-bond acceptors (Lipinski definition) is 6. The molecular weight excluding hydrogens is 452 g/mol. The molecule has 9 heteroatoms. The molecule has 0 aliphatic carbocycles. The van der Waals surface area contributed by atoms with E-state index in [0.29, 0.717) is 28.1 Å².